The summed E-state index contributed by atoms with van der Waals surface area (Å²) in [6.07, 6.45) is 0. The topological polar surface area (TPSA) is 108 Å². The Morgan fingerprint density at radius 3 is 2.53 bits per heavy atom. The molecule has 34 heavy (non-hydrogen) atoms. The largest absolute Gasteiger partial charge is 0.465 e. The molecule has 1 aliphatic heterocycles. The van der Waals surface area contributed by atoms with Crippen LogP contribution in [0.1, 0.15) is 18.4 Å². The van der Waals surface area contributed by atoms with E-state index >= 15 is 0 Å². The van der Waals surface area contributed by atoms with Gasteiger partial charge in [0.05, 0.1) is 39.1 Å². The van der Waals surface area contributed by atoms with Crippen LogP contribution in [0.2, 0.25) is 15.1 Å². The fourth-order valence-electron chi connectivity index (χ4n) is 3.40. The molecule has 0 radical (unpaired) electrons. The second-order valence-electron chi connectivity index (χ2n) is 7.04. The number of carbonyl (C=O) groups is 3. The number of esters is 1. The molecule has 0 aromatic heterocycles. The number of rotatable bonds is 7. The average Bonchev–Trinajstić information content (AvgIpc) is 2.80. The van der Waals surface area contributed by atoms with Crippen LogP contribution in [0.3, 0.4) is 0 Å². The molecule has 176 valence electrons. The number of thioether (sulfide) groups is 1. The van der Waals surface area contributed by atoms with Crippen LogP contribution in [0.4, 0.5) is 5.69 Å². The number of benzene rings is 2. The molecule has 0 bridgehead atoms. The Morgan fingerprint density at radius 1 is 1.15 bits per heavy atom. The number of halogens is 3. The maximum absolute atomic E-state index is 12.9. The first-order chi connectivity index (χ1) is 16.3. The Balaban J connectivity index is 1.90. The molecule has 7 nitrogen and oxygen atoms in total. The first-order valence-corrected chi connectivity index (χ1v) is 12.1. The van der Waals surface area contributed by atoms with Gasteiger partial charge in [0.25, 0.3) is 0 Å². The highest BCUT2D eigenvalue weighted by Gasteiger charge is 2.45. The smallest absolute Gasteiger partial charge is 0.319 e. The predicted octanol–water partition coefficient (Wildman–Crippen LogP) is 5.15. The van der Waals surface area contributed by atoms with E-state index in [4.69, 9.17) is 39.5 Å². The van der Waals surface area contributed by atoms with Crippen molar-refractivity contribution in [2.45, 2.75) is 12.8 Å². The molecule has 1 heterocycles. The molecule has 2 aromatic carbocycles. The van der Waals surface area contributed by atoms with E-state index in [2.05, 4.69) is 16.7 Å². The van der Waals surface area contributed by atoms with Crippen LogP contribution in [-0.4, -0.2) is 30.1 Å². The Hall–Kier alpha value is -2.70. The lowest BCUT2D eigenvalue weighted by atomic mass is 9.78. The molecule has 1 aliphatic rings. The van der Waals surface area contributed by atoms with Crippen molar-refractivity contribution in [1.82, 2.24) is 5.32 Å². The van der Waals surface area contributed by atoms with Crippen molar-refractivity contribution in [2.75, 3.05) is 17.7 Å². The number of allylic oxidation sites excluding steroid dienone is 1. The lowest BCUT2D eigenvalue weighted by Crippen LogP contribution is -2.44. The van der Waals surface area contributed by atoms with E-state index in [1.807, 2.05) is 0 Å². The lowest BCUT2D eigenvalue weighted by Gasteiger charge is -2.31. The van der Waals surface area contributed by atoms with Gasteiger partial charge in [-0.2, -0.15) is 5.26 Å². The molecule has 0 saturated heterocycles. The average molecular weight is 539 g/mol. The number of nitriles is 1. The van der Waals surface area contributed by atoms with Gasteiger partial charge in [-0.05, 0) is 36.8 Å². The highest BCUT2D eigenvalue weighted by atomic mass is 35.5. The first kappa shape index (κ1) is 25.9. The van der Waals surface area contributed by atoms with Crippen LogP contribution in [0.25, 0.3) is 0 Å². The molecular weight excluding hydrogens is 521 g/mol. The van der Waals surface area contributed by atoms with E-state index in [9.17, 15) is 19.6 Å². The van der Waals surface area contributed by atoms with Crippen molar-refractivity contribution >= 4 is 70.0 Å². The quantitative estimate of drug-likeness (QED) is 0.373. The molecule has 2 amide bonds. The summed E-state index contributed by atoms with van der Waals surface area (Å²) in [6, 6.07) is 13.4. The molecular formula is C23H18Cl3N3O4S. The van der Waals surface area contributed by atoms with Gasteiger partial charge >= 0.3 is 5.97 Å². The molecule has 11 heteroatoms. The van der Waals surface area contributed by atoms with Crippen molar-refractivity contribution in [2.24, 2.45) is 5.92 Å². The summed E-state index contributed by atoms with van der Waals surface area (Å²) in [7, 11) is 0. The second kappa shape index (κ2) is 11.6. The van der Waals surface area contributed by atoms with Gasteiger partial charge < -0.3 is 15.4 Å². The summed E-state index contributed by atoms with van der Waals surface area (Å²) in [5.41, 5.74) is 0.989. The zero-order valence-corrected chi connectivity index (χ0v) is 20.8. The number of nitrogens with one attached hydrogen (secondary N) is 2. The van der Waals surface area contributed by atoms with Crippen LogP contribution in [0.15, 0.2) is 53.1 Å². The van der Waals surface area contributed by atoms with E-state index in [-0.39, 0.29) is 28.0 Å². The molecule has 3 rings (SSSR count). The third-order valence-corrected chi connectivity index (χ3v) is 6.96. The Kier molecular flexibility index (Phi) is 8.86. The monoisotopic (exact) mass is 537 g/mol. The number of hydrogen-bond acceptors (Lipinski definition) is 6. The Labute approximate surface area is 215 Å². The molecule has 0 unspecified atom stereocenters. The third-order valence-electron chi connectivity index (χ3n) is 4.86. The molecule has 0 aliphatic carbocycles. The number of hydrogen-bond donors (Lipinski definition) is 2. The zero-order chi connectivity index (χ0) is 24.8. The predicted molar refractivity (Wildman–Crippen MR) is 133 cm³/mol. The minimum Gasteiger partial charge on any atom is -0.465 e. The van der Waals surface area contributed by atoms with Crippen molar-refractivity contribution in [3.05, 3.63) is 73.7 Å². The molecule has 0 spiro atoms. The van der Waals surface area contributed by atoms with Gasteiger partial charge in [0.15, 0.2) is 0 Å². The van der Waals surface area contributed by atoms with Crippen LogP contribution < -0.4 is 10.6 Å². The maximum Gasteiger partial charge on any atom is 0.319 e. The first-order valence-electron chi connectivity index (χ1n) is 10.0. The van der Waals surface area contributed by atoms with Gasteiger partial charge in [-0.3, -0.25) is 14.4 Å². The van der Waals surface area contributed by atoms with Crippen molar-refractivity contribution in [3.63, 3.8) is 0 Å². The van der Waals surface area contributed by atoms with E-state index < -0.39 is 29.6 Å². The van der Waals surface area contributed by atoms with Crippen molar-refractivity contribution < 1.29 is 19.1 Å². The molecule has 2 N–H and O–H groups in total. The Morgan fingerprint density at radius 2 is 1.88 bits per heavy atom. The maximum atomic E-state index is 12.9. The summed E-state index contributed by atoms with van der Waals surface area (Å²) in [5, 5.41) is 16.3. The highest BCUT2D eigenvalue weighted by Crippen LogP contribution is 2.42. The fourth-order valence-corrected chi connectivity index (χ4v) is 4.80. The number of nitrogens with zero attached hydrogens (tertiary/aromatic N) is 1. The minimum absolute atomic E-state index is 0.0694. The van der Waals surface area contributed by atoms with Gasteiger partial charge in [0, 0.05) is 16.6 Å². The molecule has 2 aromatic rings. The molecule has 2 atom stereocenters. The van der Waals surface area contributed by atoms with E-state index in [0.717, 1.165) is 11.8 Å². The lowest BCUT2D eigenvalue weighted by molar-refractivity contribution is -0.152. The highest BCUT2D eigenvalue weighted by molar-refractivity contribution is 8.03. The number of amides is 2. The number of ether oxygens (including phenoxy) is 1. The van der Waals surface area contributed by atoms with Gasteiger partial charge in [0.1, 0.15) is 5.92 Å². The summed E-state index contributed by atoms with van der Waals surface area (Å²) in [4.78, 5) is 38.1. The van der Waals surface area contributed by atoms with Crippen LogP contribution >= 0.6 is 46.6 Å². The van der Waals surface area contributed by atoms with Gasteiger partial charge in [0.2, 0.25) is 11.8 Å². The third kappa shape index (κ3) is 5.86. The van der Waals surface area contributed by atoms with E-state index in [1.54, 1.807) is 43.3 Å². The van der Waals surface area contributed by atoms with Crippen LogP contribution in [-0.2, 0) is 19.1 Å². The Bertz CT molecular complexity index is 1210. The summed E-state index contributed by atoms with van der Waals surface area (Å²) in [5.74, 6) is -4.20. The van der Waals surface area contributed by atoms with Crippen molar-refractivity contribution in [3.8, 4) is 6.07 Å². The summed E-state index contributed by atoms with van der Waals surface area (Å²) >= 11 is 19.2. The SMILES string of the molecule is CCOC(=O)[C@H]1C(=O)NC(SCC(=O)Nc2ccc(Cl)c(Cl)c2)=C(C#N)[C@@H]1c1ccccc1Cl. The molecule has 0 fully saturated rings. The summed E-state index contributed by atoms with van der Waals surface area (Å²) in [6.45, 7) is 1.69. The normalized spacial score (nSPS) is 17.6. The number of carbonyl (C=O) groups excluding carboxylic acids is 3. The van der Waals surface area contributed by atoms with Crippen LogP contribution in [0, 0.1) is 17.2 Å². The van der Waals surface area contributed by atoms with E-state index in [0.29, 0.717) is 21.3 Å². The van der Waals surface area contributed by atoms with Gasteiger partial charge in [-0.15, -0.1) is 0 Å². The minimum atomic E-state index is -1.30. The van der Waals surface area contributed by atoms with Gasteiger partial charge in [-0.25, -0.2) is 0 Å². The standard InChI is InChI=1S/C23H18Cl3N3O4S/c1-2-33-23(32)20-19(13-5-3-4-6-15(13)24)14(10-27)22(29-21(20)31)34-11-18(30)28-12-7-8-16(25)17(26)9-12/h3-9,19-20H,2,11H2,1H3,(H,28,30)(H,29,31)/t19-,20+/m0/s1. The summed E-state index contributed by atoms with van der Waals surface area (Å²) < 4.78 is 5.09. The zero-order valence-electron chi connectivity index (χ0n) is 17.7. The number of anilines is 1. The van der Waals surface area contributed by atoms with Gasteiger partial charge in [-0.1, -0.05) is 64.8 Å². The second-order valence-corrected chi connectivity index (χ2v) is 9.25. The molecule has 0 saturated carbocycles. The fraction of sp³-hybridized carbons (Fsp3) is 0.217. The van der Waals surface area contributed by atoms with Crippen LogP contribution in [0.5, 0.6) is 0 Å². The van der Waals surface area contributed by atoms with E-state index in [1.165, 1.54) is 6.07 Å². The van der Waals surface area contributed by atoms with Crippen molar-refractivity contribution in [1.29, 1.82) is 5.26 Å².